The van der Waals surface area contributed by atoms with Gasteiger partial charge in [-0.05, 0) is 24.3 Å². The lowest BCUT2D eigenvalue weighted by molar-refractivity contribution is -0.134. The summed E-state index contributed by atoms with van der Waals surface area (Å²) in [5.74, 6) is -2.32. The number of amides is 1. The van der Waals surface area contributed by atoms with E-state index in [2.05, 4.69) is 10.4 Å². The van der Waals surface area contributed by atoms with Gasteiger partial charge in [-0.2, -0.15) is 5.10 Å². The number of nitrogens with zero attached hydrogens (tertiary/aromatic N) is 2. The van der Waals surface area contributed by atoms with Gasteiger partial charge >= 0.3 is 11.9 Å². The average Bonchev–Trinajstić information content (AvgIpc) is 3.17. The lowest BCUT2D eigenvalue weighted by Gasteiger charge is -2.08. The van der Waals surface area contributed by atoms with Crippen LogP contribution in [0.1, 0.15) is 20.8 Å². The summed E-state index contributed by atoms with van der Waals surface area (Å²) in [6.07, 6.45) is 1.77. The summed E-state index contributed by atoms with van der Waals surface area (Å²) in [7, 11) is 0. The predicted molar refractivity (Wildman–Crippen MR) is 108 cm³/mol. The highest BCUT2D eigenvalue weighted by Crippen LogP contribution is 2.17. The van der Waals surface area contributed by atoms with Gasteiger partial charge in [-0.15, -0.1) is 0 Å². The smallest absolute Gasteiger partial charge is 0.328 e. The van der Waals surface area contributed by atoms with Gasteiger partial charge in [-0.1, -0.05) is 36.4 Å². The van der Waals surface area contributed by atoms with Crippen LogP contribution in [0.4, 0.5) is 5.82 Å². The third kappa shape index (κ3) is 6.57. The number of hydrogen-bond acceptors (Lipinski definition) is 5. The molecule has 1 amide bonds. The maximum Gasteiger partial charge on any atom is 0.328 e. The number of para-hydroxylation sites is 1. The van der Waals surface area contributed by atoms with Crippen LogP contribution in [-0.2, 0) is 9.59 Å². The molecule has 0 atom stereocenters. The Morgan fingerprint density at radius 1 is 0.867 bits per heavy atom. The lowest BCUT2D eigenvalue weighted by atomic mass is 10.2. The van der Waals surface area contributed by atoms with Gasteiger partial charge in [0.1, 0.15) is 11.5 Å². The minimum absolute atomic E-state index is 0.255. The van der Waals surface area contributed by atoms with Crippen molar-refractivity contribution >= 4 is 29.9 Å². The third-order valence-corrected chi connectivity index (χ3v) is 3.50. The van der Waals surface area contributed by atoms with E-state index in [0.717, 1.165) is 5.69 Å². The number of carboxylic acids is 2. The highest BCUT2D eigenvalue weighted by molar-refractivity contribution is 6.04. The monoisotopic (exact) mass is 407 g/mol. The molecule has 1 aromatic heterocycles. The number of anilines is 1. The first-order valence-corrected chi connectivity index (χ1v) is 8.51. The van der Waals surface area contributed by atoms with Crippen molar-refractivity contribution in [2.45, 2.75) is 0 Å². The molecule has 1 heterocycles. The molecule has 0 aliphatic carbocycles. The molecule has 9 heteroatoms. The van der Waals surface area contributed by atoms with Gasteiger partial charge in [-0.3, -0.25) is 9.59 Å². The van der Waals surface area contributed by atoms with E-state index in [1.54, 1.807) is 30.3 Å². The minimum Gasteiger partial charge on any atom is -0.478 e. The summed E-state index contributed by atoms with van der Waals surface area (Å²) in [4.78, 5) is 42.3. The molecule has 2 aromatic carbocycles. The van der Waals surface area contributed by atoms with Crippen molar-refractivity contribution in [2.24, 2.45) is 0 Å². The summed E-state index contributed by atoms with van der Waals surface area (Å²) < 4.78 is 1.53. The fraction of sp³-hybridized carbons (Fsp3) is 0. The van der Waals surface area contributed by atoms with E-state index >= 15 is 0 Å². The molecule has 0 saturated carbocycles. The number of aromatic nitrogens is 2. The number of benzene rings is 2. The molecule has 0 aliphatic rings. The Kier molecular flexibility index (Phi) is 7.77. The minimum atomic E-state index is -1.26. The van der Waals surface area contributed by atoms with Crippen molar-refractivity contribution in [1.82, 2.24) is 9.78 Å². The number of carboxylic acid groups (broad SMARTS) is 2. The second-order valence-electron chi connectivity index (χ2n) is 5.65. The fourth-order valence-electron chi connectivity index (χ4n) is 2.23. The number of carbonyl (C=O) groups excluding carboxylic acids is 2. The van der Waals surface area contributed by atoms with E-state index in [1.165, 1.54) is 4.68 Å². The quantitative estimate of drug-likeness (QED) is 0.422. The van der Waals surface area contributed by atoms with Crippen LogP contribution in [0.5, 0.6) is 0 Å². The van der Waals surface area contributed by atoms with Crippen LogP contribution in [0.2, 0.25) is 0 Å². The number of rotatable bonds is 6. The Hall–Kier alpha value is -4.53. The van der Waals surface area contributed by atoms with Gasteiger partial charge < -0.3 is 15.5 Å². The summed E-state index contributed by atoms with van der Waals surface area (Å²) in [6.45, 7) is 0. The molecular weight excluding hydrogens is 390 g/mol. The van der Waals surface area contributed by atoms with Crippen LogP contribution >= 0.6 is 0 Å². The van der Waals surface area contributed by atoms with Crippen LogP contribution in [0.25, 0.3) is 5.69 Å². The average molecular weight is 407 g/mol. The fourth-order valence-corrected chi connectivity index (χ4v) is 2.23. The van der Waals surface area contributed by atoms with Gasteiger partial charge in [0.15, 0.2) is 6.29 Å². The van der Waals surface area contributed by atoms with Crippen LogP contribution in [0, 0.1) is 0 Å². The number of nitrogens with one attached hydrogen (secondary N) is 1. The Morgan fingerprint density at radius 2 is 1.40 bits per heavy atom. The summed E-state index contributed by atoms with van der Waals surface area (Å²) >= 11 is 0. The molecule has 0 aliphatic heterocycles. The molecule has 3 aromatic rings. The standard InChI is InChI=1S/C17H13N3O2.C4H4O4/c21-12-14-11-16(18-17(22)13-7-3-1-4-8-13)20(19-14)15-9-5-2-6-10-15;5-3(6)1-2-4(7)8/h1-12H,(H,18,22);1-2H,(H,5,6)(H,7,8)/b;2-1+. The van der Waals surface area contributed by atoms with Crippen molar-refractivity contribution in [2.75, 3.05) is 5.32 Å². The van der Waals surface area contributed by atoms with Gasteiger partial charge in [0, 0.05) is 23.8 Å². The van der Waals surface area contributed by atoms with Crippen molar-refractivity contribution < 1.29 is 29.4 Å². The maximum absolute atomic E-state index is 12.3. The van der Waals surface area contributed by atoms with E-state index < -0.39 is 11.9 Å². The summed E-state index contributed by atoms with van der Waals surface area (Å²) in [5.41, 5.74) is 1.56. The molecule has 0 spiro atoms. The SMILES string of the molecule is O=C(O)/C=C/C(=O)O.O=Cc1cc(NC(=O)c2ccccc2)n(-c2ccccc2)n1. The highest BCUT2D eigenvalue weighted by Gasteiger charge is 2.13. The molecule has 152 valence electrons. The Morgan fingerprint density at radius 3 is 1.90 bits per heavy atom. The predicted octanol–water partition coefficient (Wildman–Crippen LogP) is 2.65. The van der Waals surface area contributed by atoms with Crippen molar-refractivity contribution in [3.05, 3.63) is 90.1 Å². The second kappa shape index (κ2) is 10.7. The number of aliphatic carboxylic acids is 2. The van der Waals surface area contributed by atoms with Gasteiger partial charge in [0.2, 0.25) is 0 Å². The number of aldehydes is 1. The normalized spacial score (nSPS) is 10.0. The molecule has 0 radical (unpaired) electrons. The lowest BCUT2D eigenvalue weighted by Crippen LogP contribution is -2.14. The second-order valence-corrected chi connectivity index (χ2v) is 5.65. The van der Waals surface area contributed by atoms with Gasteiger partial charge in [-0.25, -0.2) is 14.3 Å². The summed E-state index contributed by atoms with van der Waals surface area (Å²) in [5, 5.41) is 22.6. The summed E-state index contributed by atoms with van der Waals surface area (Å²) in [6, 6.07) is 19.7. The number of carbonyl (C=O) groups is 4. The first-order chi connectivity index (χ1) is 14.4. The molecule has 3 N–H and O–H groups in total. The molecule has 0 saturated heterocycles. The molecule has 0 fully saturated rings. The van der Waals surface area contributed by atoms with Crippen molar-refractivity contribution in [3.8, 4) is 5.69 Å². The Balaban J connectivity index is 0.000000343. The van der Waals surface area contributed by atoms with Gasteiger partial charge in [0.25, 0.3) is 5.91 Å². The van der Waals surface area contributed by atoms with Gasteiger partial charge in [0.05, 0.1) is 5.69 Å². The largest absolute Gasteiger partial charge is 0.478 e. The zero-order valence-electron chi connectivity index (χ0n) is 15.5. The van der Waals surface area contributed by atoms with Crippen LogP contribution < -0.4 is 5.32 Å². The maximum atomic E-state index is 12.3. The molecular formula is C21H17N3O6. The van der Waals surface area contributed by atoms with Crippen LogP contribution in [0.3, 0.4) is 0 Å². The Labute approximate surface area is 170 Å². The Bertz CT molecular complexity index is 1040. The van der Waals surface area contributed by atoms with E-state index in [4.69, 9.17) is 10.2 Å². The van der Waals surface area contributed by atoms with E-state index in [9.17, 15) is 19.2 Å². The molecule has 3 rings (SSSR count). The molecule has 9 nitrogen and oxygen atoms in total. The van der Waals surface area contributed by atoms with Crippen LogP contribution in [0.15, 0.2) is 78.9 Å². The third-order valence-electron chi connectivity index (χ3n) is 3.50. The number of hydrogen-bond donors (Lipinski definition) is 3. The van der Waals surface area contributed by atoms with Crippen molar-refractivity contribution in [1.29, 1.82) is 0 Å². The van der Waals surface area contributed by atoms with E-state index in [0.29, 0.717) is 29.8 Å². The zero-order valence-corrected chi connectivity index (χ0v) is 15.5. The topological polar surface area (TPSA) is 139 Å². The van der Waals surface area contributed by atoms with Crippen molar-refractivity contribution in [3.63, 3.8) is 0 Å². The molecule has 30 heavy (non-hydrogen) atoms. The highest BCUT2D eigenvalue weighted by atomic mass is 16.4. The zero-order chi connectivity index (χ0) is 21.9. The van der Waals surface area contributed by atoms with Crippen LogP contribution in [-0.4, -0.2) is 44.1 Å². The first-order valence-electron chi connectivity index (χ1n) is 8.51. The molecule has 0 unspecified atom stereocenters. The van der Waals surface area contributed by atoms with E-state index in [1.807, 2.05) is 36.4 Å². The van der Waals surface area contributed by atoms with E-state index in [-0.39, 0.29) is 11.6 Å². The molecule has 0 bridgehead atoms. The first kappa shape index (κ1) is 21.8.